The Hall–Kier alpha value is -0.420. The number of thiophene rings is 1. The number of hydrogen-bond donors (Lipinski definition) is 2. The van der Waals surface area contributed by atoms with Gasteiger partial charge >= 0.3 is 0 Å². The van der Waals surface area contributed by atoms with Gasteiger partial charge in [0.25, 0.3) is 0 Å². The summed E-state index contributed by atoms with van der Waals surface area (Å²) in [5.74, 6) is 0. The zero-order valence-electron chi connectivity index (χ0n) is 11.0. The van der Waals surface area contributed by atoms with Crippen molar-refractivity contribution >= 4 is 11.3 Å². The average molecular weight is 256 g/mol. The Morgan fingerprint density at radius 2 is 2.12 bits per heavy atom. The number of aliphatic hydroxyl groups is 1. The Kier molecular flexibility index (Phi) is 6.73. The van der Waals surface area contributed by atoms with E-state index in [1.807, 2.05) is 17.5 Å². The molecule has 1 heterocycles. The van der Waals surface area contributed by atoms with E-state index in [4.69, 9.17) is 0 Å². The molecule has 0 amide bonds. The Morgan fingerprint density at radius 1 is 1.41 bits per heavy atom. The second-order valence-corrected chi connectivity index (χ2v) is 5.31. The maximum Gasteiger partial charge on any atom is 0.101 e. The monoisotopic (exact) mass is 256 g/mol. The van der Waals surface area contributed by atoms with Gasteiger partial charge in [0.15, 0.2) is 0 Å². The molecule has 2 unspecified atom stereocenters. The van der Waals surface area contributed by atoms with Crippen molar-refractivity contribution in [1.82, 2.24) is 10.2 Å². The molecule has 0 radical (unpaired) electrons. The summed E-state index contributed by atoms with van der Waals surface area (Å²) in [6.45, 7) is 10.3. The summed E-state index contributed by atoms with van der Waals surface area (Å²) in [6, 6.07) is 4.36. The van der Waals surface area contributed by atoms with E-state index in [1.54, 1.807) is 11.3 Å². The van der Waals surface area contributed by atoms with Crippen molar-refractivity contribution in [2.75, 3.05) is 26.2 Å². The quantitative estimate of drug-likeness (QED) is 0.748. The van der Waals surface area contributed by atoms with Crippen LogP contribution in [0, 0.1) is 0 Å². The van der Waals surface area contributed by atoms with Crippen molar-refractivity contribution in [3.63, 3.8) is 0 Å². The van der Waals surface area contributed by atoms with Gasteiger partial charge in [-0.15, -0.1) is 11.3 Å². The Labute approximate surface area is 108 Å². The minimum atomic E-state index is -0.380. The average Bonchev–Trinajstić information content (AvgIpc) is 2.86. The summed E-state index contributed by atoms with van der Waals surface area (Å²) >= 11 is 1.61. The zero-order valence-corrected chi connectivity index (χ0v) is 11.8. The summed E-state index contributed by atoms with van der Waals surface area (Å²) in [5.41, 5.74) is 0. The predicted molar refractivity (Wildman–Crippen MR) is 74.5 cm³/mol. The molecular formula is C13H24N2OS. The summed E-state index contributed by atoms with van der Waals surface area (Å²) in [4.78, 5) is 3.42. The van der Waals surface area contributed by atoms with Crippen LogP contribution in [0.25, 0.3) is 0 Å². The molecule has 4 heteroatoms. The molecule has 0 spiro atoms. The molecular weight excluding hydrogens is 232 g/mol. The summed E-state index contributed by atoms with van der Waals surface area (Å²) in [5, 5.41) is 15.3. The van der Waals surface area contributed by atoms with E-state index >= 15 is 0 Å². The van der Waals surface area contributed by atoms with Gasteiger partial charge in [0.05, 0.1) is 0 Å². The van der Waals surface area contributed by atoms with Gasteiger partial charge < -0.3 is 15.3 Å². The van der Waals surface area contributed by atoms with Crippen LogP contribution in [-0.4, -0.2) is 42.2 Å². The van der Waals surface area contributed by atoms with Crippen molar-refractivity contribution in [1.29, 1.82) is 0 Å². The number of likely N-dealkylation sites (N-methyl/N-ethyl adjacent to an activating group) is 1. The minimum Gasteiger partial charge on any atom is -0.386 e. The van der Waals surface area contributed by atoms with Crippen LogP contribution in [0.4, 0.5) is 0 Å². The first-order valence-corrected chi connectivity index (χ1v) is 7.22. The number of nitrogens with one attached hydrogen (secondary N) is 1. The van der Waals surface area contributed by atoms with Crippen LogP contribution in [0.1, 0.15) is 31.8 Å². The van der Waals surface area contributed by atoms with Crippen molar-refractivity contribution < 1.29 is 5.11 Å². The SMILES string of the molecule is CCN(CC)CC(C)NCC(O)c1cccs1. The normalized spacial score (nSPS) is 15.1. The summed E-state index contributed by atoms with van der Waals surface area (Å²) in [6.07, 6.45) is -0.380. The maximum atomic E-state index is 9.94. The van der Waals surface area contributed by atoms with Gasteiger partial charge in [-0.25, -0.2) is 0 Å². The van der Waals surface area contributed by atoms with Gasteiger partial charge in [-0.3, -0.25) is 0 Å². The summed E-state index contributed by atoms with van der Waals surface area (Å²) in [7, 11) is 0. The molecule has 0 aliphatic rings. The molecule has 0 aliphatic heterocycles. The van der Waals surface area contributed by atoms with Crippen LogP contribution in [0.2, 0.25) is 0 Å². The molecule has 1 aromatic rings. The summed E-state index contributed by atoms with van der Waals surface area (Å²) < 4.78 is 0. The Balaban J connectivity index is 2.25. The molecule has 1 rings (SSSR count). The molecule has 0 saturated carbocycles. The van der Waals surface area contributed by atoms with Crippen molar-refractivity contribution in [2.24, 2.45) is 0 Å². The van der Waals surface area contributed by atoms with Gasteiger partial charge in [-0.1, -0.05) is 19.9 Å². The molecule has 0 saturated heterocycles. The molecule has 3 nitrogen and oxygen atoms in total. The lowest BCUT2D eigenvalue weighted by molar-refractivity contribution is 0.168. The highest BCUT2D eigenvalue weighted by Crippen LogP contribution is 2.17. The van der Waals surface area contributed by atoms with Crippen LogP contribution in [-0.2, 0) is 0 Å². The van der Waals surface area contributed by atoms with E-state index < -0.39 is 0 Å². The van der Waals surface area contributed by atoms with Crippen LogP contribution in [0.15, 0.2) is 17.5 Å². The van der Waals surface area contributed by atoms with E-state index in [1.165, 1.54) is 0 Å². The fourth-order valence-electron chi connectivity index (χ4n) is 1.83. The van der Waals surface area contributed by atoms with Gasteiger partial charge in [0, 0.05) is 24.0 Å². The second kappa shape index (κ2) is 7.82. The molecule has 98 valence electrons. The van der Waals surface area contributed by atoms with Gasteiger partial charge in [-0.2, -0.15) is 0 Å². The highest BCUT2D eigenvalue weighted by Gasteiger charge is 2.11. The molecule has 0 aliphatic carbocycles. The highest BCUT2D eigenvalue weighted by atomic mass is 32.1. The van der Waals surface area contributed by atoms with Crippen LogP contribution >= 0.6 is 11.3 Å². The van der Waals surface area contributed by atoms with Gasteiger partial charge in [0.1, 0.15) is 6.10 Å². The lowest BCUT2D eigenvalue weighted by Crippen LogP contribution is -2.40. The van der Waals surface area contributed by atoms with Crippen molar-refractivity contribution in [2.45, 2.75) is 32.9 Å². The van der Waals surface area contributed by atoms with Gasteiger partial charge in [0.2, 0.25) is 0 Å². The standard InChI is InChI=1S/C13H24N2OS/c1-4-15(5-2)10-11(3)14-9-12(16)13-7-6-8-17-13/h6-8,11-12,14,16H,4-5,9-10H2,1-3H3. The Bertz CT molecular complexity index is 286. The second-order valence-electron chi connectivity index (χ2n) is 4.33. The third kappa shape index (κ3) is 5.17. The number of hydrogen-bond acceptors (Lipinski definition) is 4. The van der Waals surface area contributed by atoms with Crippen LogP contribution < -0.4 is 5.32 Å². The van der Waals surface area contributed by atoms with Gasteiger partial charge in [-0.05, 0) is 31.5 Å². The van der Waals surface area contributed by atoms with E-state index in [0.29, 0.717) is 12.6 Å². The zero-order chi connectivity index (χ0) is 12.7. The molecule has 17 heavy (non-hydrogen) atoms. The first kappa shape index (κ1) is 14.6. The number of nitrogens with zero attached hydrogens (tertiary/aromatic N) is 1. The third-order valence-electron chi connectivity index (χ3n) is 2.96. The molecule has 2 N–H and O–H groups in total. The largest absolute Gasteiger partial charge is 0.386 e. The molecule has 2 atom stereocenters. The molecule has 1 aromatic heterocycles. The number of rotatable bonds is 8. The maximum absolute atomic E-state index is 9.94. The Morgan fingerprint density at radius 3 is 2.65 bits per heavy atom. The van der Waals surface area contributed by atoms with Crippen molar-refractivity contribution in [3.8, 4) is 0 Å². The number of aliphatic hydroxyl groups excluding tert-OH is 1. The third-order valence-corrected chi connectivity index (χ3v) is 3.93. The van der Waals surface area contributed by atoms with Crippen LogP contribution in [0.5, 0.6) is 0 Å². The minimum absolute atomic E-state index is 0.380. The topological polar surface area (TPSA) is 35.5 Å². The first-order chi connectivity index (χ1) is 8.17. The van der Waals surface area contributed by atoms with Crippen molar-refractivity contribution in [3.05, 3.63) is 22.4 Å². The molecule has 0 bridgehead atoms. The van der Waals surface area contributed by atoms with E-state index in [9.17, 15) is 5.11 Å². The van der Waals surface area contributed by atoms with E-state index in [-0.39, 0.29) is 6.10 Å². The van der Waals surface area contributed by atoms with E-state index in [0.717, 1.165) is 24.5 Å². The first-order valence-electron chi connectivity index (χ1n) is 6.34. The fraction of sp³-hybridized carbons (Fsp3) is 0.692. The molecule has 0 aromatic carbocycles. The lowest BCUT2D eigenvalue weighted by atomic mass is 10.2. The molecule has 0 fully saturated rings. The fourth-order valence-corrected chi connectivity index (χ4v) is 2.54. The predicted octanol–water partition coefficient (Wildman–Crippen LogP) is 2.10. The van der Waals surface area contributed by atoms with E-state index in [2.05, 4.69) is 31.0 Å². The smallest absolute Gasteiger partial charge is 0.101 e. The van der Waals surface area contributed by atoms with Crippen LogP contribution in [0.3, 0.4) is 0 Å². The lowest BCUT2D eigenvalue weighted by Gasteiger charge is -2.24. The highest BCUT2D eigenvalue weighted by molar-refractivity contribution is 7.10.